The summed E-state index contributed by atoms with van der Waals surface area (Å²) < 4.78 is 0. The molecule has 0 aromatic heterocycles. The second-order valence-electron chi connectivity index (χ2n) is 7.05. The molecule has 1 aromatic carbocycles. The lowest BCUT2D eigenvalue weighted by molar-refractivity contribution is 0.607. The molecule has 1 atom stereocenters. The van der Waals surface area contributed by atoms with Crippen LogP contribution in [0.3, 0.4) is 0 Å². The van der Waals surface area contributed by atoms with Crippen LogP contribution in [0.15, 0.2) is 24.3 Å². The Morgan fingerprint density at radius 1 is 1.17 bits per heavy atom. The minimum Gasteiger partial charge on any atom is -0.313 e. The molecule has 2 heteroatoms. The van der Waals surface area contributed by atoms with E-state index in [0.29, 0.717) is 5.92 Å². The molecule has 0 heterocycles. The van der Waals surface area contributed by atoms with Crippen molar-refractivity contribution in [2.24, 2.45) is 0 Å². The van der Waals surface area contributed by atoms with Crippen molar-refractivity contribution in [1.29, 1.82) is 0 Å². The highest BCUT2D eigenvalue weighted by Gasteiger charge is 2.25. The van der Waals surface area contributed by atoms with Gasteiger partial charge in [0, 0.05) is 20.7 Å². The van der Waals surface area contributed by atoms with Crippen LogP contribution in [0.5, 0.6) is 0 Å². The molecule has 0 amide bonds. The van der Waals surface area contributed by atoms with Crippen molar-refractivity contribution in [1.82, 2.24) is 5.32 Å². The fraction of sp³-hybridized carbons (Fsp3) is 0.625. The molecule has 2 rings (SSSR count). The quantitative estimate of drug-likeness (QED) is 0.758. The Labute approximate surface area is 113 Å². The van der Waals surface area contributed by atoms with Gasteiger partial charge in [0.25, 0.3) is 0 Å². The zero-order chi connectivity index (χ0) is 13.2. The summed E-state index contributed by atoms with van der Waals surface area (Å²) in [5.74, 6) is 0.706. The van der Waals surface area contributed by atoms with Crippen LogP contribution in [0, 0.1) is 6.92 Å². The Kier molecular flexibility index (Phi) is 4.28. The van der Waals surface area contributed by atoms with E-state index >= 15 is 0 Å². The van der Waals surface area contributed by atoms with E-state index < -0.39 is 8.07 Å². The molecule has 0 aliphatic heterocycles. The summed E-state index contributed by atoms with van der Waals surface area (Å²) in [6, 6.07) is 11.4. The molecule has 1 unspecified atom stereocenters. The lowest BCUT2D eigenvalue weighted by atomic mass is 10.00. The van der Waals surface area contributed by atoms with Gasteiger partial charge < -0.3 is 5.32 Å². The van der Waals surface area contributed by atoms with Gasteiger partial charge in [0.05, 0.1) is 0 Å². The fourth-order valence-corrected chi connectivity index (χ4v) is 4.34. The van der Waals surface area contributed by atoms with E-state index in [2.05, 4.69) is 56.1 Å². The molecule has 1 nitrogen and oxygen atoms in total. The van der Waals surface area contributed by atoms with Crippen molar-refractivity contribution in [2.75, 3.05) is 6.54 Å². The molecule has 0 saturated heterocycles. The van der Waals surface area contributed by atoms with E-state index in [1.165, 1.54) is 30.0 Å². The average molecular weight is 261 g/mol. The van der Waals surface area contributed by atoms with Crippen LogP contribution in [0.4, 0.5) is 0 Å². The zero-order valence-corrected chi connectivity index (χ0v) is 13.3. The van der Waals surface area contributed by atoms with Crippen molar-refractivity contribution >= 4 is 8.07 Å². The standard InChI is InChI=1S/C16H27NSi/c1-13-5-7-14(8-6-13)15(12-18(2,3)4)11-17-16-9-10-16/h5-8,15-17H,9-12H2,1-4H3. The van der Waals surface area contributed by atoms with Crippen LogP contribution in [-0.4, -0.2) is 20.7 Å². The SMILES string of the molecule is Cc1ccc(C(CNC2CC2)C[Si](C)(C)C)cc1. The third-order valence-corrected chi connectivity index (χ3v) is 5.36. The summed E-state index contributed by atoms with van der Waals surface area (Å²) in [5.41, 5.74) is 2.89. The first-order chi connectivity index (χ1) is 8.44. The highest BCUT2D eigenvalue weighted by molar-refractivity contribution is 6.76. The first-order valence-corrected chi connectivity index (χ1v) is 10.9. The maximum Gasteiger partial charge on any atom is 0.0449 e. The van der Waals surface area contributed by atoms with Gasteiger partial charge in [-0.05, 0) is 37.3 Å². The monoisotopic (exact) mass is 261 g/mol. The highest BCUT2D eigenvalue weighted by Crippen LogP contribution is 2.28. The van der Waals surface area contributed by atoms with E-state index in [0.717, 1.165) is 12.6 Å². The summed E-state index contributed by atoms with van der Waals surface area (Å²) in [4.78, 5) is 0. The van der Waals surface area contributed by atoms with Gasteiger partial charge in [-0.1, -0.05) is 49.5 Å². The first kappa shape index (κ1) is 13.8. The predicted octanol–water partition coefficient (Wildman–Crippen LogP) is 4.17. The Hall–Kier alpha value is -0.603. The van der Waals surface area contributed by atoms with E-state index in [4.69, 9.17) is 0 Å². The average Bonchev–Trinajstić information content (AvgIpc) is 3.07. The zero-order valence-electron chi connectivity index (χ0n) is 12.3. The number of rotatable bonds is 6. The summed E-state index contributed by atoms with van der Waals surface area (Å²) in [6.07, 6.45) is 2.77. The van der Waals surface area contributed by atoms with Gasteiger partial charge in [-0.3, -0.25) is 0 Å². The second kappa shape index (κ2) is 5.58. The molecular formula is C16H27NSi. The second-order valence-corrected chi connectivity index (χ2v) is 12.6. The number of nitrogens with one attached hydrogen (secondary N) is 1. The number of hydrogen-bond donors (Lipinski definition) is 1. The van der Waals surface area contributed by atoms with Crippen molar-refractivity contribution in [3.63, 3.8) is 0 Å². The maximum absolute atomic E-state index is 3.71. The van der Waals surface area contributed by atoms with Crippen LogP contribution < -0.4 is 5.32 Å². The van der Waals surface area contributed by atoms with Crippen LogP contribution in [0.25, 0.3) is 0 Å². The molecular weight excluding hydrogens is 234 g/mol. The third-order valence-electron chi connectivity index (χ3n) is 3.64. The van der Waals surface area contributed by atoms with Gasteiger partial charge in [0.15, 0.2) is 0 Å². The van der Waals surface area contributed by atoms with Crippen LogP contribution in [0.1, 0.15) is 29.9 Å². The van der Waals surface area contributed by atoms with Gasteiger partial charge in [0.1, 0.15) is 0 Å². The molecule has 0 radical (unpaired) electrons. The van der Waals surface area contributed by atoms with Crippen molar-refractivity contribution in [3.05, 3.63) is 35.4 Å². The number of benzene rings is 1. The molecule has 1 saturated carbocycles. The highest BCUT2D eigenvalue weighted by atomic mass is 28.3. The van der Waals surface area contributed by atoms with Gasteiger partial charge in [0.2, 0.25) is 0 Å². The molecule has 1 fully saturated rings. The van der Waals surface area contributed by atoms with Crippen LogP contribution in [-0.2, 0) is 0 Å². The number of aryl methyl sites for hydroxylation is 1. The van der Waals surface area contributed by atoms with Crippen LogP contribution >= 0.6 is 0 Å². The van der Waals surface area contributed by atoms with Crippen molar-refractivity contribution in [3.8, 4) is 0 Å². The van der Waals surface area contributed by atoms with Crippen molar-refractivity contribution in [2.45, 2.75) is 57.4 Å². The Bertz CT molecular complexity index is 373. The topological polar surface area (TPSA) is 12.0 Å². The van der Waals surface area contributed by atoms with Crippen LogP contribution in [0.2, 0.25) is 25.7 Å². The van der Waals surface area contributed by atoms with E-state index in [1.807, 2.05) is 0 Å². The fourth-order valence-electron chi connectivity index (χ4n) is 2.48. The Morgan fingerprint density at radius 3 is 2.28 bits per heavy atom. The smallest absolute Gasteiger partial charge is 0.0449 e. The summed E-state index contributed by atoms with van der Waals surface area (Å²) in [5, 5.41) is 3.71. The van der Waals surface area contributed by atoms with Gasteiger partial charge in [-0.25, -0.2) is 0 Å². The molecule has 1 aliphatic carbocycles. The normalized spacial score (nSPS) is 17.8. The molecule has 100 valence electrons. The molecule has 0 bridgehead atoms. The van der Waals surface area contributed by atoms with E-state index in [1.54, 1.807) is 0 Å². The summed E-state index contributed by atoms with van der Waals surface area (Å²) in [6.45, 7) is 10.8. The molecule has 1 aliphatic rings. The minimum absolute atomic E-state index is 0.706. The largest absolute Gasteiger partial charge is 0.313 e. The third kappa shape index (κ3) is 4.58. The molecule has 18 heavy (non-hydrogen) atoms. The first-order valence-electron chi connectivity index (χ1n) is 7.24. The minimum atomic E-state index is -1.01. The number of hydrogen-bond acceptors (Lipinski definition) is 1. The molecule has 1 aromatic rings. The lowest BCUT2D eigenvalue weighted by Gasteiger charge is -2.25. The van der Waals surface area contributed by atoms with E-state index in [-0.39, 0.29) is 0 Å². The summed E-state index contributed by atoms with van der Waals surface area (Å²) >= 11 is 0. The van der Waals surface area contributed by atoms with Gasteiger partial charge in [-0.2, -0.15) is 0 Å². The molecule has 0 spiro atoms. The molecule has 1 N–H and O–H groups in total. The van der Waals surface area contributed by atoms with E-state index in [9.17, 15) is 0 Å². The maximum atomic E-state index is 3.71. The Balaban J connectivity index is 2.03. The van der Waals surface area contributed by atoms with Gasteiger partial charge >= 0.3 is 0 Å². The van der Waals surface area contributed by atoms with Gasteiger partial charge in [-0.15, -0.1) is 0 Å². The Morgan fingerprint density at radius 2 is 1.78 bits per heavy atom. The van der Waals surface area contributed by atoms with Crippen molar-refractivity contribution < 1.29 is 0 Å². The predicted molar refractivity (Wildman–Crippen MR) is 83.1 cm³/mol. The summed E-state index contributed by atoms with van der Waals surface area (Å²) in [7, 11) is -1.01. The lowest BCUT2D eigenvalue weighted by Crippen LogP contribution is -2.30.